The van der Waals surface area contributed by atoms with Crippen molar-refractivity contribution < 1.29 is 9.59 Å². The van der Waals surface area contributed by atoms with Gasteiger partial charge in [0.2, 0.25) is 11.8 Å². The molecule has 1 aliphatic carbocycles. The van der Waals surface area contributed by atoms with Crippen molar-refractivity contribution in [3.8, 4) is 0 Å². The molecule has 0 spiro atoms. The summed E-state index contributed by atoms with van der Waals surface area (Å²) in [4.78, 5) is 33.9. The fourth-order valence-corrected chi connectivity index (χ4v) is 3.03. The largest absolute Gasteiger partial charge is 0.384 e. The first-order chi connectivity index (χ1) is 8.82. The van der Waals surface area contributed by atoms with Crippen molar-refractivity contribution in [2.75, 3.05) is 5.73 Å². The monoisotopic (exact) mass is 260 g/mol. The summed E-state index contributed by atoms with van der Waals surface area (Å²) >= 11 is 0. The smallest absolute Gasteiger partial charge is 0.234 e. The Labute approximate surface area is 111 Å². The Morgan fingerprint density at radius 2 is 1.84 bits per heavy atom. The summed E-state index contributed by atoms with van der Waals surface area (Å²) in [5.74, 6) is 0.224. The number of amides is 2. The van der Waals surface area contributed by atoms with Crippen molar-refractivity contribution in [1.82, 2.24) is 14.9 Å². The van der Waals surface area contributed by atoms with E-state index in [1.54, 1.807) is 13.0 Å². The molecule has 2 heterocycles. The minimum Gasteiger partial charge on any atom is -0.384 e. The van der Waals surface area contributed by atoms with Crippen LogP contribution in [-0.2, 0) is 16.1 Å². The van der Waals surface area contributed by atoms with E-state index in [4.69, 9.17) is 5.73 Å². The zero-order chi connectivity index (χ0) is 13.9. The van der Waals surface area contributed by atoms with E-state index >= 15 is 0 Å². The minimum absolute atomic E-state index is 0.108. The third-order valence-corrected chi connectivity index (χ3v) is 4.11. The molecule has 1 saturated carbocycles. The van der Waals surface area contributed by atoms with Gasteiger partial charge in [-0.2, -0.15) is 0 Å². The topological polar surface area (TPSA) is 89.2 Å². The van der Waals surface area contributed by atoms with Crippen molar-refractivity contribution >= 4 is 17.6 Å². The second-order valence-electron chi connectivity index (χ2n) is 5.89. The molecule has 100 valence electrons. The third-order valence-electron chi connectivity index (χ3n) is 4.11. The van der Waals surface area contributed by atoms with Crippen LogP contribution in [0.5, 0.6) is 0 Å². The van der Waals surface area contributed by atoms with Crippen molar-refractivity contribution in [2.45, 2.75) is 27.3 Å². The highest BCUT2D eigenvalue weighted by atomic mass is 16.2. The van der Waals surface area contributed by atoms with Crippen LogP contribution in [0.1, 0.15) is 25.4 Å². The van der Waals surface area contributed by atoms with E-state index in [0.717, 1.165) is 5.69 Å². The summed E-state index contributed by atoms with van der Waals surface area (Å²) in [5.41, 5.74) is 6.19. The molecule has 1 aliphatic heterocycles. The quantitative estimate of drug-likeness (QED) is 0.782. The molecular formula is C13H16N4O2. The van der Waals surface area contributed by atoms with Gasteiger partial charge in [0.05, 0.1) is 18.4 Å². The molecule has 0 bridgehead atoms. The Morgan fingerprint density at radius 1 is 1.26 bits per heavy atom. The second kappa shape index (κ2) is 3.53. The molecule has 2 aliphatic rings. The van der Waals surface area contributed by atoms with E-state index in [-0.39, 0.29) is 35.6 Å². The molecule has 1 saturated heterocycles. The lowest BCUT2D eigenvalue weighted by atomic mass is 10.1. The maximum Gasteiger partial charge on any atom is 0.234 e. The van der Waals surface area contributed by atoms with E-state index in [0.29, 0.717) is 11.6 Å². The van der Waals surface area contributed by atoms with Gasteiger partial charge in [-0.25, -0.2) is 9.97 Å². The van der Waals surface area contributed by atoms with Crippen LogP contribution in [0.2, 0.25) is 0 Å². The zero-order valence-electron chi connectivity index (χ0n) is 11.2. The average molecular weight is 260 g/mol. The average Bonchev–Trinajstić information content (AvgIpc) is 2.75. The minimum atomic E-state index is -0.183. The molecule has 1 aromatic heterocycles. The van der Waals surface area contributed by atoms with E-state index in [1.165, 1.54) is 4.90 Å². The van der Waals surface area contributed by atoms with E-state index in [2.05, 4.69) is 9.97 Å². The number of nitrogen functional groups attached to an aromatic ring is 1. The van der Waals surface area contributed by atoms with Crippen LogP contribution < -0.4 is 5.73 Å². The lowest BCUT2D eigenvalue weighted by Crippen LogP contribution is -2.36. The second-order valence-corrected chi connectivity index (χ2v) is 5.89. The molecular weight excluding hydrogens is 244 g/mol. The number of hydrogen-bond donors (Lipinski definition) is 1. The number of nitrogens with two attached hydrogens (primary N) is 1. The first-order valence-corrected chi connectivity index (χ1v) is 6.27. The lowest BCUT2D eigenvalue weighted by molar-refractivity contribution is -0.143. The lowest BCUT2D eigenvalue weighted by Gasteiger charge is -2.19. The number of hydrogen-bond acceptors (Lipinski definition) is 5. The number of piperidine rings is 1. The molecule has 6 heteroatoms. The number of carbonyl (C=O) groups excluding carboxylic acids is 2. The predicted molar refractivity (Wildman–Crippen MR) is 67.5 cm³/mol. The number of likely N-dealkylation sites (tertiary alicyclic amines) is 1. The van der Waals surface area contributed by atoms with E-state index in [9.17, 15) is 9.59 Å². The molecule has 1 aromatic rings. The van der Waals surface area contributed by atoms with Crippen molar-refractivity contribution in [3.05, 3.63) is 17.6 Å². The van der Waals surface area contributed by atoms with Gasteiger partial charge in [0.15, 0.2) is 5.82 Å². The SMILES string of the molecule is Cc1cc(N)nc(CN2C(=O)C3C(C2=O)C3(C)C)n1. The van der Waals surface area contributed by atoms with E-state index in [1.807, 2.05) is 13.8 Å². The van der Waals surface area contributed by atoms with Crippen LogP contribution in [-0.4, -0.2) is 26.7 Å². The molecule has 0 radical (unpaired) electrons. The van der Waals surface area contributed by atoms with Gasteiger partial charge in [0.1, 0.15) is 5.82 Å². The number of nitrogens with zero attached hydrogens (tertiary/aromatic N) is 3. The molecule has 3 rings (SSSR count). The number of carbonyl (C=O) groups is 2. The first kappa shape index (κ1) is 12.1. The van der Waals surface area contributed by atoms with Gasteiger partial charge in [-0.3, -0.25) is 14.5 Å². The highest BCUT2D eigenvalue weighted by Crippen LogP contribution is 2.63. The van der Waals surface area contributed by atoms with Crippen LogP contribution in [0, 0.1) is 24.2 Å². The Kier molecular flexibility index (Phi) is 2.24. The summed E-state index contributed by atoms with van der Waals surface area (Å²) in [7, 11) is 0. The zero-order valence-corrected chi connectivity index (χ0v) is 11.2. The van der Waals surface area contributed by atoms with Gasteiger partial charge in [-0.15, -0.1) is 0 Å². The number of anilines is 1. The Bertz CT molecular complexity index is 552. The van der Waals surface area contributed by atoms with Crippen LogP contribution in [0.3, 0.4) is 0 Å². The number of rotatable bonds is 2. The van der Waals surface area contributed by atoms with Crippen molar-refractivity contribution in [3.63, 3.8) is 0 Å². The fourth-order valence-electron chi connectivity index (χ4n) is 3.03. The molecule has 2 N–H and O–H groups in total. The molecule has 6 nitrogen and oxygen atoms in total. The molecule has 2 fully saturated rings. The molecule has 0 aromatic carbocycles. The number of imide groups is 1. The Balaban J connectivity index is 1.82. The highest BCUT2D eigenvalue weighted by molar-refractivity contribution is 6.10. The van der Waals surface area contributed by atoms with Gasteiger partial charge in [0, 0.05) is 11.8 Å². The van der Waals surface area contributed by atoms with Gasteiger partial charge in [0.25, 0.3) is 0 Å². The van der Waals surface area contributed by atoms with Crippen LogP contribution in [0.4, 0.5) is 5.82 Å². The number of aryl methyl sites for hydroxylation is 1. The standard InChI is InChI=1S/C13H16N4O2/c1-6-4-7(14)16-8(15-6)5-17-11(18)9-10(12(17)19)13(9,2)3/h4,9-10H,5H2,1-3H3,(H2,14,15,16). The molecule has 2 amide bonds. The third kappa shape index (κ3) is 1.63. The summed E-state index contributed by atoms with van der Waals surface area (Å²) in [5, 5.41) is 0. The van der Waals surface area contributed by atoms with Crippen molar-refractivity contribution in [1.29, 1.82) is 0 Å². The Hall–Kier alpha value is -1.98. The maximum absolute atomic E-state index is 12.2. The molecule has 19 heavy (non-hydrogen) atoms. The van der Waals surface area contributed by atoms with Crippen molar-refractivity contribution in [2.24, 2.45) is 17.3 Å². The number of aromatic nitrogens is 2. The van der Waals surface area contributed by atoms with E-state index < -0.39 is 0 Å². The number of fused-ring (bicyclic) bond motifs is 1. The van der Waals surface area contributed by atoms with Gasteiger partial charge >= 0.3 is 0 Å². The van der Waals surface area contributed by atoms with Crippen LogP contribution in [0.25, 0.3) is 0 Å². The van der Waals surface area contributed by atoms with Crippen LogP contribution in [0.15, 0.2) is 6.07 Å². The summed E-state index contributed by atoms with van der Waals surface area (Å²) in [6, 6.07) is 1.65. The first-order valence-electron chi connectivity index (χ1n) is 6.27. The predicted octanol–water partition coefficient (Wildman–Crippen LogP) is 0.508. The molecule has 2 unspecified atom stereocenters. The fraction of sp³-hybridized carbons (Fsp3) is 0.538. The summed E-state index contributed by atoms with van der Waals surface area (Å²) < 4.78 is 0. The molecule has 2 atom stereocenters. The van der Waals surface area contributed by atoms with Gasteiger partial charge in [-0.1, -0.05) is 13.8 Å². The normalized spacial score (nSPS) is 27.6. The van der Waals surface area contributed by atoms with Gasteiger partial charge < -0.3 is 5.73 Å². The Morgan fingerprint density at radius 3 is 2.37 bits per heavy atom. The highest BCUT2D eigenvalue weighted by Gasteiger charge is 2.72. The van der Waals surface area contributed by atoms with Gasteiger partial charge in [-0.05, 0) is 12.3 Å². The maximum atomic E-state index is 12.2. The summed E-state index contributed by atoms with van der Waals surface area (Å²) in [6.07, 6.45) is 0. The summed E-state index contributed by atoms with van der Waals surface area (Å²) in [6.45, 7) is 5.83. The van der Waals surface area contributed by atoms with Crippen LogP contribution >= 0.6 is 0 Å².